The molecule has 9 heteroatoms. The van der Waals surface area contributed by atoms with Gasteiger partial charge in [0.1, 0.15) is 5.69 Å². The number of hydrogen-bond acceptors (Lipinski definition) is 6. The number of nitrogens with zero attached hydrogens (tertiary/aromatic N) is 2. The van der Waals surface area contributed by atoms with Gasteiger partial charge in [0.25, 0.3) is 16.6 Å². The maximum absolute atomic E-state index is 11.6. The number of non-ortho nitro benzene ring substituents is 1. The molecular formula is C15H12ClN3O5. The van der Waals surface area contributed by atoms with Crippen molar-refractivity contribution >= 4 is 39.6 Å². The van der Waals surface area contributed by atoms with E-state index in [2.05, 4.69) is 5.32 Å². The highest BCUT2D eigenvalue weighted by Crippen LogP contribution is 2.37. The first-order chi connectivity index (χ1) is 11.2. The van der Waals surface area contributed by atoms with Crippen molar-refractivity contribution in [3.63, 3.8) is 0 Å². The number of aryl methyl sites for hydroxylation is 1. The minimum atomic E-state index is -1.03. The lowest BCUT2D eigenvalue weighted by molar-refractivity contribution is -0.393. The maximum Gasteiger partial charge on any atom is 0.300 e. The van der Waals surface area contributed by atoms with Crippen LogP contribution in [0.3, 0.4) is 0 Å². The second kappa shape index (κ2) is 6.63. The van der Waals surface area contributed by atoms with Crippen molar-refractivity contribution < 1.29 is 14.6 Å². The lowest BCUT2D eigenvalue weighted by Crippen LogP contribution is -2.06. The zero-order chi connectivity index (χ0) is 18.0. The summed E-state index contributed by atoms with van der Waals surface area (Å²) in [5.41, 5.74) is 0.580. The lowest BCUT2D eigenvalue weighted by Gasteiger charge is -2.13. The standard InChI is InChI=1S/C15H12ClN3O5/c1-8-4-3-5-12(9(8)2)17-14-11(15(16)20)6-10(18(21)22)7-13(14)19(23)24/h3-7,17H,1-2H3. The van der Waals surface area contributed by atoms with Crippen LogP contribution in [0.5, 0.6) is 0 Å². The summed E-state index contributed by atoms with van der Waals surface area (Å²) in [6, 6.07) is 6.98. The smallest absolute Gasteiger partial charge is 0.300 e. The summed E-state index contributed by atoms with van der Waals surface area (Å²) < 4.78 is 0. The van der Waals surface area contributed by atoms with E-state index in [9.17, 15) is 25.0 Å². The van der Waals surface area contributed by atoms with Crippen molar-refractivity contribution in [3.05, 3.63) is 67.3 Å². The molecule has 0 radical (unpaired) electrons. The molecule has 2 aromatic rings. The molecule has 0 fully saturated rings. The van der Waals surface area contributed by atoms with Gasteiger partial charge in [0.05, 0.1) is 21.5 Å². The van der Waals surface area contributed by atoms with Crippen LogP contribution in [0.1, 0.15) is 21.5 Å². The van der Waals surface area contributed by atoms with Gasteiger partial charge in [-0.15, -0.1) is 0 Å². The Morgan fingerprint density at radius 2 is 1.79 bits per heavy atom. The first-order valence-corrected chi connectivity index (χ1v) is 7.10. The fraction of sp³-hybridized carbons (Fsp3) is 0.133. The number of carbonyl (C=O) groups excluding carboxylic acids is 1. The van der Waals surface area contributed by atoms with E-state index in [0.717, 1.165) is 23.3 Å². The molecule has 0 saturated carbocycles. The van der Waals surface area contributed by atoms with Gasteiger partial charge in [0.2, 0.25) is 0 Å². The van der Waals surface area contributed by atoms with E-state index < -0.39 is 26.5 Å². The van der Waals surface area contributed by atoms with Gasteiger partial charge in [-0.25, -0.2) is 0 Å². The summed E-state index contributed by atoms with van der Waals surface area (Å²) in [5.74, 6) is 0. The van der Waals surface area contributed by atoms with Crippen LogP contribution >= 0.6 is 11.6 Å². The Balaban J connectivity index is 2.71. The van der Waals surface area contributed by atoms with E-state index >= 15 is 0 Å². The van der Waals surface area contributed by atoms with Gasteiger partial charge in [0, 0.05) is 11.8 Å². The van der Waals surface area contributed by atoms with Crippen LogP contribution in [0.4, 0.5) is 22.7 Å². The predicted octanol–water partition coefficient (Wildman–Crippen LogP) is 4.24. The van der Waals surface area contributed by atoms with Crippen LogP contribution in [0, 0.1) is 34.1 Å². The van der Waals surface area contributed by atoms with Gasteiger partial charge in [-0.05, 0) is 42.6 Å². The van der Waals surface area contributed by atoms with Gasteiger partial charge in [0.15, 0.2) is 0 Å². The van der Waals surface area contributed by atoms with Gasteiger partial charge < -0.3 is 5.32 Å². The van der Waals surface area contributed by atoms with Crippen molar-refractivity contribution in [2.45, 2.75) is 13.8 Å². The molecule has 1 N–H and O–H groups in total. The molecule has 2 aromatic carbocycles. The number of nitro groups is 2. The number of carbonyl (C=O) groups is 1. The molecule has 0 heterocycles. The molecule has 0 amide bonds. The summed E-state index contributed by atoms with van der Waals surface area (Å²) in [7, 11) is 0. The van der Waals surface area contributed by atoms with Crippen LogP contribution in [0.15, 0.2) is 30.3 Å². The van der Waals surface area contributed by atoms with Crippen molar-refractivity contribution in [1.29, 1.82) is 0 Å². The zero-order valence-corrected chi connectivity index (χ0v) is 13.5. The third-order valence-corrected chi connectivity index (χ3v) is 3.79. The molecule has 0 aliphatic carbocycles. The van der Waals surface area contributed by atoms with Crippen molar-refractivity contribution in [1.82, 2.24) is 0 Å². The minimum absolute atomic E-state index is 0.181. The average molecular weight is 350 g/mol. The van der Waals surface area contributed by atoms with Gasteiger partial charge >= 0.3 is 0 Å². The Hall–Kier alpha value is -3.00. The van der Waals surface area contributed by atoms with Crippen molar-refractivity contribution in [2.24, 2.45) is 0 Å². The second-order valence-corrected chi connectivity index (χ2v) is 5.39. The topological polar surface area (TPSA) is 115 Å². The number of nitro benzene ring substituents is 2. The molecule has 0 bridgehead atoms. The zero-order valence-electron chi connectivity index (χ0n) is 12.7. The van der Waals surface area contributed by atoms with Crippen LogP contribution in [0.25, 0.3) is 0 Å². The van der Waals surface area contributed by atoms with E-state index in [4.69, 9.17) is 11.6 Å². The second-order valence-electron chi connectivity index (χ2n) is 5.05. The molecule has 124 valence electrons. The molecular weight excluding hydrogens is 338 g/mol. The first kappa shape index (κ1) is 17.4. The van der Waals surface area contributed by atoms with Crippen molar-refractivity contribution in [2.75, 3.05) is 5.32 Å². The molecule has 0 saturated heterocycles. The molecule has 0 unspecified atom stereocenters. The molecule has 24 heavy (non-hydrogen) atoms. The van der Waals surface area contributed by atoms with E-state index in [0.29, 0.717) is 5.69 Å². The first-order valence-electron chi connectivity index (χ1n) is 6.72. The normalized spacial score (nSPS) is 10.3. The summed E-state index contributed by atoms with van der Waals surface area (Å²) in [6.45, 7) is 3.66. The Kier molecular flexibility index (Phi) is 4.79. The Morgan fingerprint density at radius 1 is 1.12 bits per heavy atom. The number of benzene rings is 2. The highest BCUT2D eigenvalue weighted by molar-refractivity contribution is 6.68. The molecule has 0 aliphatic heterocycles. The highest BCUT2D eigenvalue weighted by atomic mass is 35.5. The van der Waals surface area contributed by atoms with Gasteiger partial charge in [-0.1, -0.05) is 12.1 Å². The Labute approximate surface area is 141 Å². The fourth-order valence-electron chi connectivity index (χ4n) is 2.17. The SMILES string of the molecule is Cc1cccc(Nc2c(C(=O)Cl)cc([N+](=O)[O-])cc2[N+](=O)[O-])c1C. The molecule has 2 rings (SSSR count). The Morgan fingerprint density at radius 3 is 2.33 bits per heavy atom. The van der Waals surface area contributed by atoms with Gasteiger partial charge in [-0.3, -0.25) is 25.0 Å². The quantitative estimate of drug-likeness (QED) is 0.490. The summed E-state index contributed by atoms with van der Waals surface area (Å²) in [5, 5.41) is 24.0. The van der Waals surface area contributed by atoms with E-state index in [1.807, 2.05) is 13.0 Å². The minimum Gasteiger partial charge on any atom is -0.349 e. The highest BCUT2D eigenvalue weighted by Gasteiger charge is 2.27. The summed E-state index contributed by atoms with van der Waals surface area (Å²) in [4.78, 5) is 32.2. The van der Waals surface area contributed by atoms with Crippen LogP contribution in [-0.4, -0.2) is 15.1 Å². The number of rotatable bonds is 5. The van der Waals surface area contributed by atoms with E-state index in [1.54, 1.807) is 19.1 Å². The third-order valence-electron chi connectivity index (χ3n) is 3.59. The van der Waals surface area contributed by atoms with Crippen LogP contribution < -0.4 is 5.32 Å². The molecule has 0 atom stereocenters. The largest absolute Gasteiger partial charge is 0.349 e. The average Bonchev–Trinajstić information content (AvgIpc) is 2.51. The predicted molar refractivity (Wildman–Crippen MR) is 89.1 cm³/mol. The Bertz CT molecular complexity index is 831. The number of nitrogens with one attached hydrogen (secondary N) is 1. The molecule has 8 nitrogen and oxygen atoms in total. The summed E-state index contributed by atoms with van der Waals surface area (Å²) >= 11 is 5.47. The maximum atomic E-state index is 11.6. The lowest BCUT2D eigenvalue weighted by atomic mass is 10.1. The number of hydrogen-bond donors (Lipinski definition) is 1. The van der Waals surface area contributed by atoms with E-state index in [1.165, 1.54) is 0 Å². The fourth-order valence-corrected chi connectivity index (χ4v) is 2.32. The number of halogens is 1. The number of anilines is 2. The van der Waals surface area contributed by atoms with Crippen LogP contribution in [-0.2, 0) is 0 Å². The molecule has 0 aliphatic rings. The van der Waals surface area contributed by atoms with Crippen molar-refractivity contribution in [3.8, 4) is 0 Å². The third kappa shape index (κ3) is 3.33. The van der Waals surface area contributed by atoms with E-state index in [-0.39, 0.29) is 11.3 Å². The summed E-state index contributed by atoms with van der Waals surface area (Å²) in [6.07, 6.45) is 0. The van der Waals surface area contributed by atoms with Gasteiger partial charge in [-0.2, -0.15) is 0 Å². The molecule has 0 spiro atoms. The molecule has 0 aromatic heterocycles. The monoisotopic (exact) mass is 349 g/mol. The van der Waals surface area contributed by atoms with Crippen LogP contribution in [0.2, 0.25) is 0 Å².